The van der Waals surface area contributed by atoms with Crippen LogP contribution in [0, 0.1) is 5.92 Å². The quantitative estimate of drug-likeness (QED) is 0.688. The molecule has 0 saturated heterocycles. The molecule has 0 bridgehead atoms. The molecule has 5 heteroatoms. The molecule has 5 nitrogen and oxygen atoms in total. The Bertz CT molecular complexity index is 936. The lowest BCUT2D eigenvalue weighted by molar-refractivity contribution is -0.122. The molecule has 0 spiro atoms. The van der Waals surface area contributed by atoms with Gasteiger partial charge in [-0.1, -0.05) is 44.2 Å². The summed E-state index contributed by atoms with van der Waals surface area (Å²) in [5, 5.41) is 14.7. The molecular weight excluding hydrogens is 340 g/mol. The summed E-state index contributed by atoms with van der Waals surface area (Å²) in [5.41, 5.74) is 1.99. The standard InChI is InChI=1S/C22H24N2O3/c1-14(2)13-19(25)24-20(16-6-9-17(27-3)10-7-16)18-11-8-15-5-4-12-23-21(15)22(18)26/h4-12,14,20,26H,13H2,1-3H3,(H,24,25). The molecule has 2 aromatic carbocycles. The number of aromatic hydroxyl groups is 1. The highest BCUT2D eigenvalue weighted by Gasteiger charge is 2.22. The lowest BCUT2D eigenvalue weighted by atomic mass is 9.95. The minimum absolute atomic E-state index is 0.0636. The number of methoxy groups -OCH3 is 1. The Morgan fingerprint density at radius 2 is 1.89 bits per heavy atom. The van der Waals surface area contributed by atoms with Crippen LogP contribution in [0.25, 0.3) is 10.9 Å². The van der Waals surface area contributed by atoms with Gasteiger partial charge in [-0.3, -0.25) is 9.78 Å². The molecule has 1 aromatic heterocycles. The van der Waals surface area contributed by atoms with Gasteiger partial charge in [0.2, 0.25) is 5.91 Å². The second-order valence-corrected chi connectivity index (χ2v) is 6.95. The fourth-order valence-electron chi connectivity index (χ4n) is 3.11. The highest BCUT2D eigenvalue weighted by Crippen LogP contribution is 2.35. The maximum Gasteiger partial charge on any atom is 0.221 e. The second kappa shape index (κ2) is 8.08. The van der Waals surface area contributed by atoms with Crippen LogP contribution in [-0.4, -0.2) is 23.1 Å². The van der Waals surface area contributed by atoms with E-state index < -0.39 is 6.04 Å². The number of ether oxygens (including phenoxy) is 1. The second-order valence-electron chi connectivity index (χ2n) is 6.95. The third-order valence-corrected chi connectivity index (χ3v) is 4.44. The first-order valence-electron chi connectivity index (χ1n) is 8.99. The number of rotatable bonds is 6. The summed E-state index contributed by atoms with van der Waals surface area (Å²) in [6.07, 6.45) is 2.06. The third-order valence-electron chi connectivity index (χ3n) is 4.44. The van der Waals surface area contributed by atoms with Gasteiger partial charge in [0.05, 0.1) is 13.2 Å². The lowest BCUT2D eigenvalue weighted by Crippen LogP contribution is -2.30. The Labute approximate surface area is 159 Å². The van der Waals surface area contributed by atoms with Crippen molar-refractivity contribution in [3.8, 4) is 11.5 Å². The Hall–Kier alpha value is -3.08. The fraction of sp³-hybridized carbons (Fsp3) is 0.273. The maximum atomic E-state index is 12.5. The number of amides is 1. The number of phenolic OH excluding ortho intramolecular Hbond substituents is 1. The van der Waals surface area contributed by atoms with E-state index in [2.05, 4.69) is 10.3 Å². The van der Waals surface area contributed by atoms with E-state index in [9.17, 15) is 9.90 Å². The highest BCUT2D eigenvalue weighted by molar-refractivity contribution is 5.86. The third kappa shape index (κ3) is 4.19. The monoisotopic (exact) mass is 364 g/mol. The smallest absolute Gasteiger partial charge is 0.221 e. The molecule has 0 saturated carbocycles. The first-order chi connectivity index (χ1) is 13.0. The van der Waals surface area contributed by atoms with Gasteiger partial charge < -0.3 is 15.2 Å². The molecule has 3 aromatic rings. The van der Waals surface area contributed by atoms with Gasteiger partial charge >= 0.3 is 0 Å². The number of fused-ring (bicyclic) bond motifs is 1. The average Bonchev–Trinajstić information content (AvgIpc) is 2.66. The van der Waals surface area contributed by atoms with Crippen molar-refractivity contribution in [2.45, 2.75) is 26.3 Å². The first kappa shape index (κ1) is 18.7. The van der Waals surface area contributed by atoms with Crippen molar-refractivity contribution in [3.63, 3.8) is 0 Å². The van der Waals surface area contributed by atoms with Gasteiger partial charge in [0.25, 0.3) is 0 Å². The minimum atomic E-state index is -0.478. The molecule has 2 N–H and O–H groups in total. The normalized spacial score (nSPS) is 12.1. The molecule has 0 aliphatic heterocycles. The predicted molar refractivity (Wildman–Crippen MR) is 106 cm³/mol. The number of aromatic nitrogens is 1. The Morgan fingerprint density at radius 1 is 1.15 bits per heavy atom. The average molecular weight is 364 g/mol. The molecule has 0 radical (unpaired) electrons. The maximum absolute atomic E-state index is 12.5. The summed E-state index contributed by atoms with van der Waals surface area (Å²) in [4.78, 5) is 16.8. The number of benzene rings is 2. The number of carbonyl (C=O) groups is 1. The van der Waals surface area contributed by atoms with Gasteiger partial charge in [-0.05, 0) is 29.7 Å². The van der Waals surface area contributed by atoms with Crippen LogP contribution in [-0.2, 0) is 4.79 Å². The Balaban J connectivity index is 2.05. The van der Waals surface area contributed by atoms with Crippen molar-refractivity contribution in [3.05, 3.63) is 65.9 Å². The molecule has 27 heavy (non-hydrogen) atoms. The summed E-state index contributed by atoms with van der Waals surface area (Å²) in [5.74, 6) is 0.994. The summed E-state index contributed by atoms with van der Waals surface area (Å²) in [6.45, 7) is 4.00. The van der Waals surface area contributed by atoms with Crippen molar-refractivity contribution >= 4 is 16.8 Å². The number of hydrogen-bond donors (Lipinski definition) is 2. The molecule has 1 amide bonds. The van der Waals surface area contributed by atoms with E-state index in [1.807, 2.05) is 62.4 Å². The van der Waals surface area contributed by atoms with Crippen molar-refractivity contribution < 1.29 is 14.6 Å². The Morgan fingerprint density at radius 3 is 2.56 bits per heavy atom. The molecule has 140 valence electrons. The van der Waals surface area contributed by atoms with Crippen LogP contribution in [0.4, 0.5) is 0 Å². The molecule has 1 atom stereocenters. The number of carbonyl (C=O) groups excluding carboxylic acids is 1. The van der Waals surface area contributed by atoms with E-state index in [4.69, 9.17) is 4.74 Å². The fourth-order valence-corrected chi connectivity index (χ4v) is 3.11. The molecule has 1 unspecified atom stereocenters. The molecule has 0 aliphatic carbocycles. The van der Waals surface area contributed by atoms with Gasteiger partial charge in [-0.15, -0.1) is 0 Å². The number of nitrogens with zero attached hydrogens (tertiary/aromatic N) is 1. The topological polar surface area (TPSA) is 71.5 Å². The zero-order valence-electron chi connectivity index (χ0n) is 15.8. The van der Waals surface area contributed by atoms with Crippen molar-refractivity contribution in [1.29, 1.82) is 0 Å². The van der Waals surface area contributed by atoms with Crippen LogP contribution in [0.5, 0.6) is 11.5 Å². The van der Waals surface area contributed by atoms with E-state index in [0.29, 0.717) is 17.5 Å². The van der Waals surface area contributed by atoms with Gasteiger partial charge in [0.1, 0.15) is 17.0 Å². The van der Waals surface area contributed by atoms with Crippen LogP contribution >= 0.6 is 0 Å². The van der Waals surface area contributed by atoms with Crippen LogP contribution in [0.3, 0.4) is 0 Å². The van der Waals surface area contributed by atoms with Gasteiger partial charge in [-0.2, -0.15) is 0 Å². The SMILES string of the molecule is COc1ccc(C(NC(=O)CC(C)C)c2ccc3cccnc3c2O)cc1. The highest BCUT2D eigenvalue weighted by atomic mass is 16.5. The van der Waals surface area contributed by atoms with E-state index >= 15 is 0 Å². The zero-order valence-corrected chi connectivity index (χ0v) is 15.8. The van der Waals surface area contributed by atoms with E-state index in [0.717, 1.165) is 16.7 Å². The predicted octanol–water partition coefficient (Wildman–Crippen LogP) is 4.20. The van der Waals surface area contributed by atoms with Gasteiger partial charge in [0.15, 0.2) is 0 Å². The number of phenols is 1. The molecule has 0 aliphatic rings. The van der Waals surface area contributed by atoms with Crippen molar-refractivity contribution in [1.82, 2.24) is 10.3 Å². The Kier molecular flexibility index (Phi) is 5.60. The van der Waals surface area contributed by atoms with Crippen molar-refractivity contribution in [2.24, 2.45) is 5.92 Å². The summed E-state index contributed by atoms with van der Waals surface area (Å²) >= 11 is 0. The first-order valence-corrected chi connectivity index (χ1v) is 8.99. The number of pyridine rings is 1. The van der Waals surface area contributed by atoms with E-state index in [1.54, 1.807) is 13.3 Å². The molecule has 1 heterocycles. The number of nitrogens with one attached hydrogen (secondary N) is 1. The minimum Gasteiger partial charge on any atom is -0.505 e. The summed E-state index contributed by atoms with van der Waals surface area (Å²) in [6, 6.07) is 14.4. The molecule has 0 fully saturated rings. The zero-order chi connectivity index (χ0) is 19.4. The van der Waals surface area contributed by atoms with Gasteiger partial charge in [0, 0.05) is 23.6 Å². The largest absolute Gasteiger partial charge is 0.505 e. The van der Waals surface area contributed by atoms with Crippen LogP contribution in [0.15, 0.2) is 54.7 Å². The van der Waals surface area contributed by atoms with Crippen LogP contribution in [0.1, 0.15) is 37.4 Å². The summed E-state index contributed by atoms with van der Waals surface area (Å²) < 4.78 is 5.22. The summed E-state index contributed by atoms with van der Waals surface area (Å²) in [7, 11) is 1.61. The van der Waals surface area contributed by atoms with E-state index in [-0.39, 0.29) is 17.6 Å². The van der Waals surface area contributed by atoms with E-state index in [1.165, 1.54) is 0 Å². The molecular formula is C22H24N2O3. The van der Waals surface area contributed by atoms with Crippen LogP contribution in [0.2, 0.25) is 0 Å². The lowest BCUT2D eigenvalue weighted by Gasteiger charge is -2.22. The van der Waals surface area contributed by atoms with Gasteiger partial charge in [-0.25, -0.2) is 0 Å². The molecule has 3 rings (SSSR count). The van der Waals surface area contributed by atoms with Crippen LogP contribution < -0.4 is 10.1 Å². The number of hydrogen-bond acceptors (Lipinski definition) is 4. The van der Waals surface area contributed by atoms with Crippen molar-refractivity contribution in [2.75, 3.05) is 7.11 Å².